The molecule has 2 unspecified atom stereocenters. The molecule has 1 aromatic rings. The maximum absolute atomic E-state index is 10.8. The third kappa shape index (κ3) is 2.59. The normalized spacial score (nSPS) is 50.3. The Balaban J connectivity index is 1.46. The fourth-order valence-electron chi connectivity index (χ4n) is 8.41. The summed E-state index contributed by atoms with van der Waals surface area (Å²) in [6.45, 7) is 9.69. The van der Waals surface area contributed by atoms with Crippen LogP contribution in [0.25, 0.3) is 5.57 Å². The molecule has 8 atom stereocenters. The van der Waals surface area contributed by atoms with E-state index in [-0.39, 0.29) is 0 Å². The zero-order valence-corrected chi connectivity index (χ0v) is 18.1. The Kier molecular flexibility index (Phi) is 4.16. The van der Waals surface area contributed by atoms with Crippen LogP contribution in [0.5, 0.6) is 0 Å². The monoisotopic (exact) mass is 379 g/mol. The first-order chi connectivity index (χ1) is 13.2. The number of aromatic nitrogens is 1. The lowest BCUT2D eigenvalue weighted by Crippen LogP contribution is -2.57. The van der Waals surface area contributed by atoms with Gasteiger partial charge in [0.15, 0.2) is 0 Å². The van der Waals surface area contributed by atoms with Crippen LogP contribution < -0.4 is 0 Å². The van der Waals surface area contributed by atoms with E-state index in [1.807, 2.05) is 6.20 Å². The molecule has 0 spiro atoms. The number of hydrogen-bond donors (Lipinski definition) is 1. The fourth-order valence-corrected chi connectivity index (χ4v) is 8.41. The average Bonchev–Trinajstić information content (AvgIpc) is 3.01. The van der Waals surface area contributed by atoms with Gasteiger partial charge in [0.05, 0.1) is 5.60 Å². The maximum Gasteiger partial charge on any atom is 0.0623 e. The van der Waals surface area contributed by atoms with Crippen LogP contribution in [-0.2, 0) is 0 Å². The van der Waals surface area contributed by atoms with Crippen molar-refractivity contribution in [2.75, 3.05) is 0 Å². The molecule has 0 aromatic carbocycles. The minimum absolute atomic E-state index is 0.313. The highest BCUT2D eigenvalue weighted by Crippen LogP contribution is 2.68. The van der Waals surface area contributed by atoms with E-state index in [4.69, 9.17) is 0 Å². The van der Waals surface area contributed by atoms with Gasteiger partial charge in [-0.15, -0.1) is 0 Å². The van der Waals surface area contributed by atoms with Gasteiger partial charge in [-0.1, -0.05) is 32.9 Å². The van der Waals surface area contributed by atoms with Crippen LogP contribution in [0, 0.1) is 40.4 Å². The van der Waals surface area contributed by atoms with Crippen molar-refractivity contribution in [3.63, 3.8) is 0 Å². The highest BCUT2D eigenvalue weighted by molar-refractivity contribution is 5.72. The fraction of sp³-hybridized carbons (Fsp3) is 0.731. The van der Waals surface area contributed by atoms with Crippen LogP contribution in [0.1, 0.15) is 78.2 Å². The van der Waals surface area contributed by atoms with Crippen LogP contribution in [0.15, 0.2) is 30.6 Å². The van der Waals surface area contributed by atoms with E-state index in [1.165, 1.54) is 37.7 Å². The van der Waals surface area contributed by atoms with Gasteiger partial charge in [-0.2, -0.15) is 0 Å². The molecule has 0 saturated heterocycles. The second-order valence-electron chi connectivity index (χ2n) is 11.5. The minimum Gasteiger partial charge on any atom is -0.390 e. The Morgan fingerprint density at radius 1 is 1.07 bits per heavy atom. The molecule has 1 N–H and O–H groups in total. The summed E-state index contributed by atoms with van der Waals surface area (Å²) in [4.78, 5) is 4.41. The molecular formula is C26H37NO. The summed E-state index contributed by atoms with van der Waals surface area (Å²) in [5, 5.41) is 10.8. The summed E-state index contributed by atoms with van der Waals surface area (Å²) in [6.07, 6.45) is 15.0. The molecule has 4 aliphatic carbocycles. The number of rotatable bonds is 1. The summed E-state index contributed by atoms with van der Waals surface area (Å²) >= 11 is 0. The summed E-state index contributed by atoms with van der Waals surface area (Å²) < 4.78 is 0. The van der Waals surface area contributed by atoms with Gasteiger partial charge in [0.1, 0.15) is 0 Å². The second kappa shape index (κ2) is 6.17. The van der Waals surface area contributed by atoms with Gasteiger partial charge in [0, 0.05) is 12.4 Å². The Morgan fingerprint density at radius 2 is 1.89 bits per heavy atom. The lowest BCUT2D eigenvalue weighted by Gasteiger charge is -2.63. The number of allylic oxidation sites excluding steroid dienone is 2. The van der Waals surface area contributed by atoms with E-state index in [2.05, 4.69) is 57.1 Å². The Morgan fingerprint density at radius 3 is 2.64 bits per heavy atom. The van der Waals surface area contributed by atoms with E-state index in [0.29, 0.717) is 16.7 Å². The van der Waals surface area contributed by atoms with E-state index in [0.717, 1.165) is 36.5 Å². The third-order valence-electron chi connectivity index (χ3n) is 9.88. The van der Waals surface area contributed by atoms with E-state index in [9.17, 15) is 5.11 Å². The lowest BCUT2D eigenvalue weighted by atomic mass is 9.42. The second-order valence-corrected chi connectivity index (χ2v) is 11.5. The van der Waals surface area contributed by atoms with Crippen LogP contribution >= 0.6 is 0 Å². The molecule has 2 heteroatoms. The van der Waals surface area contributed by atoms with E-state index in [1.54, 1.807) is 5.57 Å². The van der Waals surface area contributed by atoms with Crippen molar-refractivity contribution in [1.29, 1.82) is 0 Å². The summed E-state index contributed by atoms with van der Waals surface area (Å²) in [7, 11) is 0. The number of hydrogen-bond acceptors (Lipinski definition) is 2. The van der Waals surface area contributed by atoms with Gasteiger partial charge >= 0.3 is 0 Å². The van der Waals surface area contributed by atoms with Crippen LogP contribution in [-0.4, -0.2) is 15.7 Å². The molecule has 4 aliphatic rings. The molecule has 2 nitrogen and oxygen atoms in total. The first-order valence-corrected chi connectivity index (χ1v) is 11.6. The van der Waals surface area contributed by atoms with Crippen LogP contribution in [0.4, 0.5) is 0 Å². The SMILES string of the molecule is CC1C[C@@H]2[C@H](CC[C@]3(C)C(c4cccnc4)=CC[C@@H]23)[C@@]2(C)CC[C@@](C)(O)CC12. The van der Waals surface area contributed by atoms with Gasteiger partial charge in [-0.25, -0.2) is 0 Å². The molecule has 3 saturated carbocycles. The molecule has 1 aromatic heterocycles. The average molecular weight is 380 g/mol. The van der Waals surface area contributed by atoms with Crippen LogP contribution in [0.3, 0.4) is 0 Å². The molecule has 3 fully saturated rings. The third-order valence-corrected chi connectivity index (χ3v) is 9.88. The number of fused-ring (bicyclic) bond motifs is 5. The summed E-state index contributed by atoms with van der Waals surface area (Å²) in [5.74, 6) is 3.87. The van der Waals surface area contributed by atoms with Crippen LogP contribution in [0.2, 0.25) is 0 Å². The van der Waals surface area contributed by atoms with Gasteiger partial charge in [0.2, 0.25) is 0 Å². The molecule has 0 amide bonds. The van der Waals surface area contributed by atoms with Crippen molar-refractivity contribution in [3.8, 4) is 0 Å². The molecule has 0 bridgehead atoms. The highest BCUT2D eigenvalue weighted by atomic mass is 16.3. The number of pyridine rings is 1. The molecular weight excluding hydrogens is 342 g/mol. The summed E-state index contributed by atoms with van der Waals surface area (Å²) in [6, 6.07) is 4.34. The Bertz CT molecular complexity index is 783. The lowest BCUT2D eigenvalue weighted by molar-refractivity contribution is -0.158. The summed E-state index contributed by atoms with van der Waals surface area (Å²) in [5.41, 5.74) is 3.19. The molecule has 1 heterocycles. The predicted molar refractivity (Wildman–Crippen MR) is 114 cm³/mol. The minimum atomic E-state index is -0.448. The first kappa shape index (κ1) is 18.9. The van der Waals surface area contributed by atoms with Gasteiger partial charge < -0.3 is 5.11 Å². The largest absolute Gasteiger partial charge is 0.390 e. The van der Waals surface area contributed by atoms with Crippen molar-refractivity contribution in [1.82, 2.24) is 4.98 Å². The Labute approximate surface area is 170 Å². The van der Waals surface area contributed by atoms with Crippen molar-refractivity contribution >= 4 is 5.57 Å². The zero-order chi connectivity index (χ0) is 19.7. The quantitative estimate of drug-likeness (QED) is 0.638. The highest BCUT2D eigenvalue weighted by Gasteiger charge is 2.61. The first-order valence-electron chi connectivity index (χ1n) is 11.6. The van der Waals surface area contributed by atoms with Gasteiger partial charge in [0.25, 0.3) is 0 Å². The maximum atomic E-state index is 10.8. The molecule has 152 valence electrons. The number of aliphatic hydroxyl groups is 1. The molecule has 28 heavy (non-hydrogen) atoms. The molecule has 0 aliphatic heterocycles. The van der Waals surface area contributed by atoms with Crippen molar-refractivity contribution in [3.05, 3.63) is 36.2 Å². The van der Waals surface area contributed by atoms with Crippen molar-refractivity contribution in [2.24, 2.45) is 40.4 Å². The Hall–Kier alpha value is -1.15. The zero-order valence-electron chi connectivity index (χ0n) is 18.1. The molecule has 5 rings (SSSR count). The smallest absolute Gasteiger partial charge is 0.0623 e. The van der Waals surface area contributed by atoms with Crippen molar-refractivity contribution in [2.45, 2.75) is 78.2 Å². The topological polar surface area (TPSA) is 33.1 Å². The van der Waals surface area contributed by atoms with E-state index >= 15 is 0 Å². The predicted octanol–water partition coefficient (Wildman–Crippen LogP) is 6.11. The van der Waals surface area contributed by atoms with Crippen molar-refractivity contribution < 1.29 is 5.11 Å². The standard InChI is InChI=1S/C26H37NO/c1-17-14-19-21-8-7-20(18-6-5-13-27-16-18)25(21,3)10-9-22(19)26(4)12-11-24(2,28)15-23(17)26/h5-7,13,16-17,19,21-23,28H,8-12,14-15H2,1-4H3/t17?,19-,21-,22-,23?,24+,25+,26+/m0/s1. The van der Waals surface area contributed by atoms with E-state index < -0.39 is 5.60 Å². The number of nitrogens with zero attached hydrogens (tertiary/aromatic N) is 1. The van der Waals surface area contributed by atoms with Gasteiger partial charge in [-0.05, 0) is 109 Å². The van der Waals surface area contributed by atoms with Gasteiger partial charge in [-0.3, -0.25) is 4.98 Å². The molecule has 0 radical (unpaired) electrons.